The van der Waals surface area contributed by atoms with Crippen molar-refractivity contribution in [2.75, 3.05) is 0 Å². The van der Waals surface area contributed by atoms with Crippen molar-refractivity contribution in [1.29, 1.82) is 0 Å². The highest BCUT2D eigenvalue weighted by Gasteiger charge is 2.09. The van der Waals surface area contributed by atoms with E-state index in [4.69, 9.17) is 12.2 Å². The number of aromatic amines is 1. The largest absolute Gasteiger partial charge is 0.337 e. The molecule has 0 unspecified atom stereocenters. The van der Waals surface area contributed by atoms with Crippen molar-refractivity contribution in [3.05, 3.63) is 44.5 Å². The fraction of sp³-hybridized carbons (Fsp3) is 0.250. The molecule has 1 aromatic carbocycles. The van der Waals surface area contributed by atoms with Crippen molar-refractivity contribution in [2.24, 2.45) is 0 Å². The Morgan fingerprint density at radius 2 is 2.12 bits per heavy atom. The first kappa shape index (κ1) is 11.9. The van der Waals surface area contributed by atoms with Crippen molar-refractivity contribution < 1.29 is 0 Å². The Labute approximate surface area is 114 Å². The summed E-state index contributed by atoms with van der Waals surface area (Å²) in [7, 11) is 0. The van der Waals surface area contributed by atoms with Crippen LogP contribution < -0.4 is 0 Å². The second-order valence-electron chi connectivity index (χ2n) is 3.99. The molecule has 2 rings (SSSR count). The summed E-state index contributed by atoms with van der Waals surface area (Å²) < 4.78 is 4.07. The minimum Gasteiger partial charge on any atom is -0.337 e. The van der Waals surface area contributed by atoms with E-state index in [1.165, 1.54) is 9.26 Å². The molecule has 84 valence electrons. The summed E-state index contributed by atoms with van der Waals surface area (Å²) in [6.45, 7) is 4.34. The Morgan fingerprint density at radius 3 is 2.75 bits per heavy atom. The summed E-state index contributed by atoms with van der Waals surface area (Å²) in [5.41, 5.74) is 2.34. The molecule has 0 saturated heterocycles. The van der Waals surface area contributed by atoms with Gasteiger partial charge in [-0.05, 0) is 58.9 Å². The first-order chi connectivity index (χ1) is 7.59. The SMILES string of the molecule is CC(C)c1c[nH]c(=S)n1-c1cccc(I)c1. The summed E-state index contributed by atoms with van der Waals surface area (Å²) in [6.07, 6.45) is 1.99. The van der Waals surface area contributed by atoms with Gasteiger partial charge in [0.05, 0.1) is 0 Å². The van der Waals surface area contributed by atoms with Gasteiger partial charge in [-0.3, -0.25) is 4.57 Å². The number of hydrogen-bond acceptors (Lipinski definition) is 1. The average Bonchev–Trinajstić information content (AvgIpc) is 2.60. The van der Waals surface area contributed by atoms with E-state index in [2.05, 4.69) is 70.3 Å². The van der Waals surface area contributed by atoms with Crippen LogP contribution in [0.5, 0.6) is 0 Å². The lowest BCUT2D eigenvalue weighted by Gasteiger charge is -2.11. The molecule has 0 amide bonds. The molecule has 2 nitrogen and oxygen atoms in total. The van der Waals surface area contributed by atoms with E-state index in [1.807, 2.05) is 6.20 Å². The molecule has 0 fully saturated rings. The molecule has 0 radical (unpaired) electrons. The van der Waals surface area contributed by atoms with E-state index in [1.54, 1.807) is 0 Å². The molecule has 0 atom stereocenters. The fourth-order valence-corrected chi connectivity index (χ4v) is 2.48. The highest BCUT2D eigenvalue weighted by molar-refractivity contribution is 14.1. The number of nitrogens with one attached hydrogen (secondary N) is 1. The average molecular weight is 344 g/mol. The van der Waals surface area contributed by atoms with Crippen molar-refractivity contribution >= 4 is 34.8 Å². The van der Waals surface area contributed by atoms with Gasteiger partial charge in [-0.15, -0.1) is 0 Å². The van der Waals surface area contributed by atoms with Gasteiger partial charge >= 0.3 is 0 Å². The summed E-state index contributed by atoms with van der Waals surface area (Å²) >= 11 is 7.64. The normalized spacial score (nSPS) is 11.0. The Balaban J connectivity index is 2.63. The van der Waals surface area contributed by atoms with Crippen LogP contribution in [-0.4, -0.2) is 9.55 Å². The van der Waals surface area contributed by atoms with Gasteiger partial charge in [0.1, 0.15) is 0 Å². The number of aromatic nitrogens is 2. The molecular formula is C12H13IN2S. The fourth-order valence-electron chi connectivity index (χ4n) is 1.69. The number of hydrogen-bond donors (Lipinski definition) is 1. The molecule has 0 aliphatic heterocycles. The van der Waals surface area contributed by atoms with Crippen molar-refractivity contribution in [3.8, 4) is 5.69 Å². The van der Waals surface area contributed by atoms with E-state index in [9.17, 15) is 0 Å². The molecule has 1 aromatic heterocycles. The Bertz CT molecular complexity index is 554. The van der Waals surface area contributed by atoms with Crippen LogP contribution in [0.4, 0.5) is 0 Å². The number of imidazole rings is 1. The van der Waals surface area contributed by atoms with E-state index < -0.39 is 0 Å². The van der Waals surface area contributed by atoms with E-state index in [-0.39, 0.29) is 0 Å². The van der Waals surface area contributed by atoms with Crippen LogP contribution in [0.25, 0.3) is 5.69 Å². The minimum atomic E-state index is 0.450. The molecule has 1 N–H and O–H groups in total. The van der Waals surface area contributed by atoms with Crippen LogP contribution >= 0.6 is 34.8 Å². The Kier molecular flexibility index (Phi) is 3.49. The molecule has 0 spiro atoms. The minimum absolute atomic E-state index is 0.450. The van der Waals surface area contributed by atoms with Gasteiger partial charge in [0.2, 0.25) is 0 Å². The van der Waals surface area contributed by atoms with Crippen LogP contribution in [-0.2, 0) is 0 Å². The van der Waals surface area contributed by atoms with E-state index in [0.717, 1.165) is 10.5 Å². The quantitative estimate of drug-likeness (QED) is 0.638. The number of rotatable bonds is 2. The molecule has 0 saturated carbocycles. The maximum absolute atomic E-state index is 5.32. The predicted molar refractivity (Wildman–Crippen MR) is 77.8 cm³/mol. The Hall–Kier alpha value is -0.620. The van der Waals surface area contributed by atoms with Crippen molar-refractivity contribution in [3.63, 3.8) is 0 Å². The number of halogens is 1. The molecular weight excluding hydrogens is 331 g/mol. The van der Waals surface area contributed by atoms with Gasteiger partial charge in [0, 0.05) is 21.1 Å². The van der Waals surface area contributed by atoms with Crippen LogP contribution in [0.2, 0.25) is 0 Å². The van der Waals surface area contributed by atoms with Crippen LogP contribution in [0.1, 0.15) is 25.5 Å². The summed E-state index contributed by atoms with van der Waals surface area (Å²) in [5, 5.41) is 0. The van der Waals surface area contributed by atoms with E-state index >= 15 is 0 Å². The maximum Gasteiger partial charge on any atom is 0.182 e. The van der Waals surface area contributed by atoms with E-state index in [0.29, 0.717) is 5.92 Å². The molecule has 2 aromatic rings. The Morgan fingerprint density at radius 1 is 1.38 bits per heavy atom. The topological polar surface area (TPSA) is 20.7 Å². The molecule has 4 heteroatoms. The van der Waals surface area contributed by atoms with Gasteiger partial charge in [-0.2, -0.15) is 0 Å². The monoisotopic (exact) mass is 344 g/mol. The number of H-pyrrole nitrogens is 1. The first-order valence-corrected chi connectivity index (χ1v) is 6.64. The third-order valence-electron chi connectivity index (χ3n) is 2.46. The van der Waals surface area contributed by atoms with Crippen molar-refractivity contribution in [2.45, 2.75) is 19.8 Å². The van der Waals surface area contributed by atoms with Crippen LogP contribution in [0, 0.1) is 8.34 Å². The molecule has 16 heavy (non-hydrogen) atoms. The lowest BCUT2D eigenvalue weighted by atomic mass is 10.1. The zero-order valence-electron chi connectivity index (χ0n) is 9.20. The second kappa shape index (κ2) is 4.71. The molecule has 1 heterocycles. The number of benzene rings is 1. The summed E-state index contributed by atoms with van der Waals surface area (Å²) in [6, 6.07) is 8.35. The summed E-state index contributed by atoms with van der Waals surface area (Å²) in [4.78, 5) is 3.11. The highest BCUT2D eigenvalue weighted by Crippen LogP contribution is 2.20. The zero-order chi connectivity index (χ0) is 11.7. The lowest BCUT2D eigenvalue weighted by Crippen LogP contribution is -2.01. The third-order valence-corrected chi connectivity index (χ3v) is 3.43. The standard InChI is InChI=1S/C12H13IN2S/c1-8(2)11-7-14-12(16)15(11)10-5-3-4-9(13)6-10/h3-8H,1-2H3,(H,14,16). The number of nitrogens with zero attached hydrogens (tertiary/aromatic N) is 1. The first-order valence-electron chi connectivity index (χ1n) is 5.16. The second-order valence-corrected chi connectivity index (χ2v) is 5.62. The van der Waals surface area contributed by atoms with Gasteiger partial charge in [-0.25, -0.2) is 0 Å². The maximum atomic E-state index is 5.32. The zero-order valence-corrected chi connectivity index (χ0v) is 12.2. The highest BCUT2D eigenvalue weighted by atomic mass is 127. The molecule has 0 bridgehead atoms. The predicted octanol–water partition coefficient (Wildman–Crippen LogP) is 4.26. The van der Waals surface area contributed by atoms with Crippen molar-refractivity contribution in [1.82, 2.24) is 9.55 Å². The van der Waals surface area contributed by atoms with Gasteiger partial charge < -0.3 is 4.98 Å². The smallest absolute Gasteiger partial charge is 0.182 e. The van der Waals surface area contributed by atoms with Crippen LogP contribution in [0.3, 0.4) is 0 Å². The van der Waals surface area contributed by atoms with Crippen LogP contribution in [0.15, 0.2) is 30.5 Å². The lowest BCUT2D eigenvalue weighted by molar-refractivity contribution is 0.783. The molecule has 0 aliphatic carbocycles. The van der Waals surface area contributed by atoms with Gasteiger partial charge in [0.25, 0.3) is 0 Å². The van der Waals surface area contributed by atoms with Gasteiger partial charge in [0.15, 0.2) is 4.77 Å². The summed E-state index contributed by atoms with van der Waals surface area (Å²) in [5.74, 6) is 0.450. The van der Waals surface area contributed by atoms with Gasteiger partial charge in [-0.1, -0.05) is 19.9 Å². The third kappa shape index (κ3) is 2.22. The molecule has 0 aliphatic rings.